The maximum absolute atomic E-state index is 12.3. The van der Waals surface area contributed by atoms with Crippen LogP contribution in [0.4, 0.5) is 5.69 Å². The van der Waals surface area contributed by atoms with E-state index in [1.807, 2.05) is 55.6 Å². The summed E-state index contributed by atoms with van der Waals surface area (Å²) in [6.45, 7) is 5.23. The van der Waals surface area contributed by atoms with Gasteiger partial charge in [0.2, 0.25) is 11.8 Å². The predicted octanol–water partition coefficient (Wildman–Crippen LogP) is 3.46. The van der Waals surface area contributed by atoms with E-state index in [-0.39, 0.29) is 37.6 Å². The van der Waals surface area contributed by atoms with Crippen LogP contribution >= 0.6 is 0 Å². The first kappa shape index (κ1) is 27.5. The molecule has 0 saturated carbocycles. The summed E-state index contributed by atoms with van der Waals surface area (Å²) in [7, 11) is 2.01. The second kappa shape index (κ2) is 13.9. The summed E-state index contributed by atoms with van der Waals surface area (Å²) in [5, 5.41) is 20.8. The lowest BCUT2D eigenvalue weighted by molar-refractivity contribution is -0.252. The monoisotopic (exact) mass is 497 g/mol. The number of likely N-dealkylation sites (N-methyl/N-ethyl adjacent to an activating group) is 1. The van der Waals surface area contributed by atoms with Gasteiger partial charge in [-0.05, 0) is 36.7 Å². The standard InChI is InChI=1S/C27H35N3O6/c1-3-14-30(2)17-23-16-24(20-12-10-19(18-31)11-13-20)36-27(35-23)21-6-4-7-22(15-21)28-25(32)8-5-9-26(33)29-34/h3-4,6-7,10-13,15,23-24,27,31,34H,1,5,8-9,14,16-18H2,2H3,(H,28,32)(H,29,33)/t23-,24+,27+/m1/s1. The smallest absolute Gasteiger partial charge is 0.243 e. The van der Waals surface area contributed by atoms with Gasteiger partial charge in [0.1, 0.15) is 0 Å². The highest BCUT2D eigenvalue weighted by Crippen LogP contribution is 2.38. The van der Waals surface area contributed by atoms with Crippen LogP contribution in [0.2, 0.25) is 0 Å². The molecule has 0 unspecified atom stereocenters. The second-order valence-electron chi connectivity index (χ2n) is 8.92. The highest BCUT2D eigenvalue weighted by molar-refractivity contribution is 5.91. The molecule has 1 fully saturated rings. The molecule has 3 atom stereocenters. The molecule has 0 radical (unpaired) electrons. The van der Waals surface area contributed by atoms with E-state index in [2.05, 4.69) is 16.8 Å². The van der Waals surface area contributed by atoms with Crippen molar-refractivity contribution in [1.29, 1.82) is 0 Å². The summed E-state index contributed by atoms with van der Waals surface area (Å²) in [6, 6.07) is 15.1. The van der Waals surface area contributed by atoms with E-state index in [4.69, 9.17) is 14.7 Å². The van der Waals surface area contributed by atoms with Gasteiger partial charge >= 0.3 is 0 Å². The van der Waals surface area contributed by atoms with Gasteiger partial charge < -0.3 is 24.8 Å². The molecule has 0 aliphatic carbocycles. The second-order valence-corrected chi connectivity index (χ2v) is 8.92. The number of hydrogen-bond acceptors (Lipinski definition) is 7. The summed E-state index contributed by atoms with van der Waals surface area (Å²) in [5.74, 6) is -0.751. The van der Waals surface area contributed by atoms with Crippen molar-refractivity contribution in [3.8, 4) is 0 Å². The lowest BCUT2D eigenvalue weighted by Crippen LogP contribution is -2.37. The molecule has 194 valence electrons. The zero-order valence-electron chi connectivity index (χ0n) is 20.6. The number of nitrogens with one attached hydrogen (secondary N) is 2. The summed E-state index contributed by atoms with van der Waals surface area (Å²) < 4.78 is 12.7. The molecule has 3 rings (SSSR count). The molecule has 0 aromatic heterocycles. The maximum Gasteiger partial charge on any atom is 0.243 e. The number of carbonyl (C=O) groups excluding carboxylic acids is 2. The zero-order chi connectivity index (χ0) is 25.9. The van der Waals surface area contributed by atoms with E-state index >= 15 is 0 Å². The van der Waals surface area contributed by atoms with Crippen LogP contribution in [-0.4, -0.2) is 53.3 Å². The fourth-order valence-corrected chi connectivity index (χ4v) is 4.13. The Hall–Kier alpha value is -3.08. The first-order chi connectivity index (χ1) is 17.4. The number of nitrogens with zero attached hydrogens (tertiary/aromatic N) is 1. The molecular weight excluding hydrogens is 462 g/mol. The summed E-state index contributed by atoms with van der Waals surface area (Å²) >= 11 is 0. The molecule has 9 heteroatoms. The van der Waals surface area contributed by atoms with Crippen molar-refractivity contribution in [3.63, 3.8) is 0 Å². The van der Waals surface area contributed by atoms with Gasteiger partial charge in [0.05, 0.1) is 18.8 Å². The quantitative estimate of drug-likeness (QED) is 0.201. The molecule has 2 aromatic carbocycles. The van der Waals surface area contributed by atoms with Crippen LogP contribution < -0.4 is 10.8 Å². The van der Waals surface area contributed by atoms with Crippen molar-refractivity contribution in [1.82, 2.24) is 10.4 Å². The Morgan fingerprint density at radius 2 is 1.86 bits per heavy atom. The minimum atomic E-state index is -0.631. The Morgan fingerprint density at radius 3 is 2.56 bits per heavy atom. The van der Waals surface area contributed by atoms with Crippen LogP contribution in [0.5, 0.6) is 0 Å². The van der Waals surface area contributed by atoms with Crippen LogP contribution in [-0.2, 0) is 25.7 Å². The fraction of sp³-hybridized carbons (Fsp3) is 0.407. The maximum atomic E-state index is 12.3. The van der Waals surface area contributed by atoms with Crippen molar-refractivity contribution in [3.05, 3.63) is 77.9 Å². The van der Waals surface area contributed by atoms with Crippen LogP contribution in [0.25, 0.3) is 0 Å². The number of anilines is 1. The molecule has 2 aromatic rings. The fourth-order valence-electron chi connectivity index (χ4n) is 4.13. The van der Waals surface area contributed by atoms with Gasteiger partial charge in [-0.25, -0.2) is 5.48 Å². The van der Waals surface area contributed by atoms with E-state index in [0.717, 1.165) is 23.2 Å². The SMILES string of the molecule is C=CCN(C)C[C@H]1C[C@@H](c2ccc(CO)cc2)O[C@@H](c2cccc(NC(=O)CCCC(=O)NO)c2)O1. The highest BCUT2D eigenvalue weighted by Gasteiger charge is 2.32. The summed E-state index contributed by atoms with van der Waals surface area (Å²) in [6.07, 6.45) is 2.14. The Bertz CT molecular complexity index is 1010. The van der Waals surface area contributed by atoms with E-state index < -0.39 is 12.2 Å². The predicted molar refractivity (Wildman–Crippen MR) is 135 cm³/mol. The third kappa shape index (κ3) is 8.25. The minimum Gasteiger partial charge on any atom is -0.392 e. The van der Waals surface area contributed by atoms with Crippen molar-refractivity contribution in [2.75, 3.05) is 25.5 Å². The minimum absolute atomic E-state index is 0.0142. The van der Waals surface area contributed by atoms with Gasteiger partial charge in [-0.2, -0.15) is 0 Å². The number of ether oxygens (including phenoxy) is 2. The lowest BCUT2D eigenvalue weighted by atomic mass is 9.99. The lowest BCUT2D eigenvalue weighted by Gasteiger charge is -2.37. The van der Waals surface area contributed by atoms with Gasteiger partial charge in [-0.1, -0.05) is 42.5 Å². The molecular formula is C27H35N3O6. The number of hydroxylamine groups is 1. The van der Waals surface area contributed by atoms with E-state index in [1.165, 1.54) is 0 Å². The van der Waals surface area contributed by atoms with Gasteiger partial charge in [0.15, 0.2) is 6.29 Å². The van der Waals surface area contributed by atoms with E-state index in [0.29, 0.717) is 25.1 Å². The topological polar surface area (TPSA) is 120 Å². The zero-order valence-corrected chi connectivity index (χ0v) is 20.6. The van der Waals surface area contributed by atoms with Crippen molar-refractivity contribution in [2.24, 2.45) is 0 Å². The largest absolute Gasteiger partial charge is 0.392 e. The summed E-state index contributed by atoms with van der Waals surface area (Å²) in [5.41, 5.74) is 4.78. The Labute approximate surface area is 211 Å². The third-order valence-corrected chi connectivity index (χ3v) is 5.95. The number of aliphatic hydroxyl groups is 1. The van der Waals surface area contributed by atoms with Crippen LogP contribution in [0, 0.1) is 0 Å². The van der Waals surface area contributed by atoms with E-state index in [1.54, 1.807) is 11.5 Å². The first-order valence-electron chi connectivity index (χ1n) is 12.0. The van der Waals surface area contributed by atoms with Gasteiger partial charge in [0, 0.05) is 43.6 Å². The number of amides is 2. The normalized spacial score (nSPS) is 19.6. The summed E-state index contributed by atoms with van der Waals surface area (Å²) in [4.78, 5) is 25.6. The van der Waals surface area contributed by atoms with E-state index in [9.17, 15) is 14.7 Å². The average molecular weight is 498 g/mol. The molecule has 1 aliphatic rings. The third-order valence-electron chi connectivity index (χ3n) is 5.95. The molecule has 4 N–H and O–H groups in total. The molecule has 1 saturated heterocycles. The van der Waals surface area contributed by atoms with Crippen molar-refractivity contribution >= 4 is 17.5 Å². The number of carbonyl (C=O) groups is 2. The average Bonchev–Trinajstić information content (AvgIpc) is 2.88. The van der Waals surface area contributed by atoms with Gasteiger partial charge in [-0.15, -0.1) is 6.58 Å². The van der Waals surface area contributed by atoms with Crippen LogP contribution in [0.1, 0.15) is 54.8 Å². The number of aliphatic hydroxyl groups excluding tert-OH is 1. The number of benzene rings is 2. The van der Waals surface area contributed by atoms with Gasteiger partial charge in [0.25, 0.3) is 0 Å². The number of rotatable bonds is 12. The molecule has 0 spiro atoms. The molecule has 0 bridgehead atoms. The molecule has 9 nitrogen and oxygen atoms in total. The highest BCUT2D eigenvalue weighted by atomic mass is 16.7. The Balaban J connectivity index is 1.72. The van der Waals surface area contributed by atoms with Gasteiger partial charge in [-0.3, -0.25) is 14.8 Å². The molecule has 1 heterocycles. The number of hydrogen-bond donors (Lipinski definition) is 4. The van der Waals surface area contributed by atoms with Crippen molar-refractivity contribution < 1.29 is 29.4 Å². The molecule has 1 aliphatic heterocycles. The molecule has 36 heavy (non-hydrogen) atoms. The Kier molecular flexibility index (Phi) is 10.6. The van der Waals surface area contributed by atoms with Crippen LogP contribution in [0.15, 0.2) is 61.2 Å². The van der Waals surface area contributed by atoms with Crippen LogP contribution in [0.3, 0.4) is 0 Å². The van der Waals surface area contributed by atoms with Crippen molar-refractivity contribution in [2.45, 2.75) is 50.8 Å². The molecule has 2 amide bonds. The first-order valence-corrected chi connectivity index (χ1v) is 12.0. The Morgan fingerprint density at radius 1 is 1.11 bits per heavy atom.